The average Bonchev–Trinajstić information content (AvgIpc) is 3.18. The highest BCUT2D eigenvalue weighted by molar-refractivity contribution is 5.86. The highest BCUT2D eigenvalue weighted by Gasteiger charge is 2.36. The summed E-state index contributed by atoms with van der Waals surface area (Å²) in [5, 5.41) is 21.6. The minimum Gasteiger partial charge on any atom is -0.481 e. The zero-order valence-corrected chi connectivity index (χ0v) is 19.9. The van der Waals surface area contributed by atoms with Crippen LogP contribution in [0.15, 0.2) is 48.5 Å². The summed E-state index contributed by atoms with van der Waals surface area (Å²) in [4.78, 5) is 38.8. The molecule has 4 rings (SSSR count). The summed E-state index contributed by atoms with van der Waals surface area (Å²) < 4.78 is 5.57. The molecule has 0 bridgehead atoms. The van der Waals surface area contributed by atoms with Crippen molar-refractivity contribution < 1.29 is 29.3 Å². The normalized spacial score (nSPS) is 20.0. The zero-order valence-electron chi connectivity index (χ0n) is 19.9. The number of amides is 2. The molecule has 1 aliphatic carbocycles. The van der Waals surface area contributed by atoms with E-state index in [1.807, 2.05) is 55.5 Å². The molecule has 3 N–H and O–H groups in total. The first-order chi connectivity index (χ1) is 16.9. The molecule has 2 aromatic rings. The molecule has 0 radical (unpaired) electrons. The van der Waals surface area contributed by atoms with E-state index in [0.29, 0.717) is 6.54 Å². The Hall–Kier alpha value is -3.39. The second-order valence-electron chi connectivity index (χ2n) is 9.36. The largest absolute Gasteiger partial charge is 0.481 e. The molecule has 186 valence electrons. The van der Waals surface area contributed by atoms with Gasteiger partial charge in [-0.15, -0.1) is 0 Å². The number of alkyl carbamates (subject to hydrolysis) is 1. The molecule has 35 heavy (non-hydrogen) atoms. The lowest BCUT2D eigenvalue weighted by molar-refractivity contribution is -0.141. The van der Waals surface area contributed by atoms with Gasteiger partial charge in [0, 0.05) is 18.9 Å². The zero-order chi connectivity index (χ0) is 24.9. The maximum absolute atomic E-state index is 13.3. The Kier molecular flexibility index (Phi) is 7.70. The molecule has 1 heterocycles. The Balaban J connectivity index is 1.45. The third-order valence-electron chi connectivity index (χ3n) is 7.17. The minimum absolute atomic E-state index is 0.0542. The van der Waals surface area contributed by atoms with E-state index >= 15 is 0 Å². The van der Waals surface area contributed by atoms with Crippen LogP contribution < -0.4 is 5.32 Å². The Bertz CT molecular complexity index is 1040. The topological polar surface area (TPSA) is 116 Å². The first-order valence-corrected chi connectivity index (χ1v) is 12.1. The number of piperidine rings is 1. The number of rotatable bonds is 8. The second-order valence-corrected chi connectivity index (χ2v) is 9.36. The SMILES string of the molecule is C[C@H]1CCCN(C(=O)C(CCC(=O)O)NC(=O)OCC2c3ccccc3-c3ccccc32)[C@H]1CO. The number of hydrogen-bond donors (Lipinski definition) is 3. The van der Waals surface area contributed by atoms with Gasteiger partial charge in [0.25, 0.3) is 0 Å². The van der Waals surface area contributed by atoms with E-state index in [-0.39, 0.29) is 49.8 Å². The third-order valence-corrected chi connectivity index (χ3v) is 7.17. The van der Waals surface area contributed by atoms with E-state index in [1.165, 1.54) is 0 Å². The summed E-state index contributed by atoms with van der Waals surface area (Å²) in [7, 11) is 0. The third kappa shape index (κ3) is 5.32. The predicted molar refractivity (Wildman–Crippen MR) is 130 cm³/mol. The van der Waals surface area contributed by atoms with Crippen LogP contribution in [0.4, 0.5) is 4.79 Å². The van der Waals surface area contributed by atoms with Crippen molar-refractivity contribution in [1.29, 1.82) is 0 Å². The highest BCUT2D eigenvalue weighted by Crippen LogP contribution is 2.44. The standard InChI is InChI=1S/C27H32N2O6/c1-17-7-6-14-29(24(17)15-30)26(33)23(12-13-25(31)32)28-27(34)35-16-22-20-10-4-2-8-18(20)19-9-3-5-11-21(19)22/h2-5,8-11,17,22-24,30H,6-7,12-16H2,1H3,(H,28,34)(H,31,32)/t17-,23?,24-/m0/s1. The number of ether oxygens (including phenoxy) is 1. The van der Waals surface area contributed by atoms with Gasteiger partial charge in [0.05, 0.1) is 12.6 Å². The van der Waals surface area contributed by atoms with Gasteiger partial charge in [-0.25, -0.2) is 4.79 Å². The molecule has 0 spiro atoms. The lowest BCUT2D eigenvalue weighted by Crippen LogP contribution is -2.56. The Morgan fingerprint density at radius 2 is 1.71 bits per heavy atom. The van der Waals surface area contributed by atoms with E-state index in [4.69, 9.17) is 9.84 Å². The quantitative estimate of drug-likeness (QED) is 0.533. The molecule has 8 nitrogen and oxygen atoms in total. The van der Waals surface area contributed by atoms with Crippen molar-refractivity contribution in [2.75, 3.05) is 19.8 Å². The molecule has 2 amide bonds. The molecule has 1 saturated heterocycles. The molecule has 1 fully saturated rings. The number of benzene rings is 2. The molecular formula is C27H32N2O6. The van der Waals surface area contributed by atoms with Crippen molar-refractivity contribution >= 4 is 18.0 Å². The van der Waals surface area contributed by atoms with Gasteiger partial charge in [-0.05, 0) is 47.4 Å². The summed E-state index contributed by atoms with van der Waals surface area (Å²) in [5.41, 5.74) is 4.38. The molecule has 8 heteroatoms. The van der Waals surface area contributed by atoms with Crippen LogP contribution in [-0.4, -0.2) is 64.9 Å². The fraction of sp³-hybridized carbons (Fsp3) is 0.444. The van der Waals surface area contributed by atoms with Gasteiger partial charge in [0.2, 0.25) is 5.91 Å². The van der Waals surface area contributed by atoms with Crippen LogP contribution in [0.1, 0.15) is 49.7 Å². The number of carboxylic acid groups (broad SMARTS) is 1. The maximum atomic E-state index is 13.3. The smallest absolute Gasteiger partial charge is 0.407 e. The number of nitrogens with one attached hydrogen (secondary N) is 1. The molecule has 1 unspecified atom stereocenters. The van der Waals surface area contributed by atoms with E-state index in [9.17, 15) is 19.5 Å². The maximum Gasteiger partial charge on any atom is 0.407 e. The van der Waals surface area contributed by atoms with E-state index < -0.39 is 18.1 Å². The van der Waals surface area contributed by atoms with E-state index in [1.54, 1.807) is 4.90 Å². The first-order valence-electron chi connectivity index (χ1n) is 12.1. The number of aliphatic hydroxyl groups excluding tert-OH is 1. The number of aliphatic hydroxyl groups is 1. The minimum atomic E-state index is -1.05. The molecule has 2 aromatic carbocycles. The summed E-state index contributed by atoms with van der Waals surface area (Å²) in [6.45, 7) is 2.36. The second kappa shape index (κ2) is 10.9. The number of aliphatic carboxylic acids is 1. The number of likely N-dealkylation sites (tertiary alicyclic amines) is 1. The summed E-state index contributed by atoms with van der Waals surface area (Å²) >= 11 is 0. The molecule has 2 aliphatic rings. The van der Waals surface area contributed by atoms with Gasteiger partial charge in [-0.1, -0.05) is 55.5 Å². The van der Waals surface area contributed by atoms with Crippen LogP contribution in [0, 0.1) is 5.92 Å². The fourth-order valence-electron chi connectivity index (χ4n) is 5.31. The number of carboxylic acids is 1. The van der Waals surface area contributed by atoms with Crippen LogP contribution in [0.5, 0.6) is 0 Å². The van der Waals surface area contributed by atoms with Crippen LogP contribution in [-0.2, 0) is 14.3 Å². The monoisotopic (exact) mass is 480 g/mol. The number of carbonyl (C=O) groups is 3. The van der Waals surface area contributed by atoms with Gasteiger partial charge >= 0.3 is 12.1 Å². The van der Waals surface area contributed by atoms with Crippen molar-refractivity contribution in [1.82, 2.24) is 10.2 Å². The van der Waals surface area contributed by atoms with Gasteiger partial charge in [-0.3, -0.25) is 9.59 Å². The lowest BCUT2D eigenvalue weighted by atomic mass is 9.90. The van der Waals surface area contributed by atoms with Gasteiger partial charge in [0.1, 0.15) is 12.6 Å². The molecule has 0 aromatic heterocycles. The first kappa shape index (κ1) is 24.7. The van der Waals surface area contributed by atoms with E-state index in [0.717, 1.165) is 35.1 Å². The number of hydrogen-bond acceptors (Lipinski definition) is 5. The van der Waals surface area contributed by atoms with Crippen LogP contribution in [0.2, 0.25) is 0 Å². The number of fused-ring (bicyclic) bond motifs is 3. The van der Waals surface area contributed by atoms with Gasteiger partial charge in [-0.2, -0.15) is 0 Å². The summed E-state index contributed by atoms with van der Waals surface area (Å²) in [6.07, 6.45) is 0.602. The summed E-state index contributed by atoms with van der Waals surface area (Å²) in [5.74, 6) is -1.44. The van der Waals surface area contributed by atoms with Gasteiger partial charge < -0.3 is 25.2 Å². The Morgan fingerprint density at radius 3 is 2.31 bits per heavy atom. The molecular weight excluding hydrogens is 448 g/mol. The number of nitrogens with zero attached hydrogens (tertiary/aromatic N) is 1. The lowest BCUT2D eigenvalue weighted by Gasteiger charge is -2.40. The van der Waals surface area contributed by atoms with Gasteiger partial charge in [0.15, 0.2) is 0 Å². The Morgan fingerprint density at radius 1 is 1.09 bits per heavy atom. The van der Waals surface area contributed by atoms with Crippen molar-refractivity contribution in [3.63, 3.8) is 0 Å². The van der Waals surface area contributed by atoms with Crippen LogP contribution in [0.25, 0.3) is 11.1 Å². The van der Waals surface area contributed by atoms with Crippen molar-refractivity contribution in [3.05, 3.63) is 59.7 Å². The molecule has 1 aliphatic heterocycles. The van der Waals surface area contributed by atoms with Crippen molar-refractivity contribution in [3.8, 4) is 11.1 Å². The highest BCUT2D eigenvalue weighted by atomic mass is 16.5. The van der Waals surface area contributed by atoms with E-state index in [2.05, 4.69) is 5.32 Å². The van der Waals surface area contributed by atoms with Crippen molar-refractivity contribution in [2.24, 2.45) is 5.92 Å². The van der Waals surface area contributed by atoms with Crippen LogP contribution in [0.3, 0.4) is 0 Å². The van der Waals surface area contributed by atoms with Crippen LogP contribution >= 0.6 is 0 Å². The fourth-order valence-corrected chi connectivity index (χ4v) is 5.31. The molecule has 3 atom stereocenters. The predicted octanol–water partition coefficient (Wildman–Crippen LogP) is 3.38. The number of carbonyl (C=O) groups excluding carboxylic acids is 2. The average molecular weight is 481 g/mol. The van der Waals surface area contributed by atoms with Crippen molar-refractivity contribution in [2.45, 2.75) is 50.6 Å². The molecule has 0 saturated carbocycles. The Labute approximate surface area is 204 Å². The summed E-state index contributed by atoms with van der Waals surface area (Å²) in [6, 6.07) is 14.6.